The molecule has 1 aliphatic rings. The van der Waals surface area contributed by atoms with Crippen LogP contribution < -0.4 is 4.90 Å². The molecule has 16 heavy (non-hydrogen) atoms. The number of benzene rings is 1. The Bertz CT molecular complexity index is 503. The van der Waals surface area contributed by atoms with Crippen molar-refractivity contribution in [2.75, 3.05) is 11.4 Å². The Morgan fingerprint density at radius 3 is 2.94 bits per heavy atom. The van der Waals surface area contributed by atoms with E-state index in [4.69, 9.17) is 0 Å². The Kier molecular flexibility index (Phi) is 2.28. The van der Waals surface area contributed by atoms with Crippen LogP contribution in [-0.2, 0) is 0 Å². The van der Waals surface area contributed by atoms with E-state index >= 15 is 0 Å². The maximum atomic E-state index is 4.35. The zero-order valence-electron chi connectivity index (χ0n) is 9.56. The smallest absolute Gasteiger partial charge is 0.0703 e. The zero-order chi connectivity index (χ0) is 11.0. The van der Waals surface area contributed by atoms with E-state index in [0.29, 0.717) is 0 Å². The summed E-state index contributed by atoms with van der Waals surface area (Å²) in [4.78, 5) is 6.84. The minimum Gasteiger partial charge on any atom is -0.369 e. The van der Waals surface area contributed by atoms with Gasteiger partial charge >= 0.3 is 0 Å². The van der Waals surface area contributed by atoms with Gasteiger partial charge in [-0.25, -0.2) is 0 Å². The molecule has 1 fully saturated rings. The van der Waals surface area contributed by atoms with Crippen molar-refractivity contribution in [3.8, 4) is 0 Å². The molecule has 0 saturated heterocycles. The fourth-order valence-corrected chi connectivity index (χ4v) is 2.28. The first-order valence-electron chi connectivity index (χ1n) is 6.00. The molecule has 0 atom stereocenters. The first-order valence-corrected chi connectivity index (χ1v) is 6.00. The van der Waals surface area contributed by atoms with Gasteiger partial charge in [0.1, 0.15) is 0 Å². The van der Waals surface area contributed by atoms with Gasteiger partial charge in [-0.2, -0.15) is 0 Å². The van der Waals surface area contributed by atoms with E-state index in [1.165, 1.54) is 23.9 Å². The van der Waals surface area contributed by atoms with Crippen LogP contribution in [0.4, 0.5) is 5.69 Å². The number of fused-ring (bicyclic) bond motifs is 1. The highest BCUT2D eigenvalue weighted by Gasteiger charge is 2.27. The minimum atomic E-state index is 0.777. The number of hydrogen-bond donors (Lipinski definition) is 0. The molecule has 0 N–H and O–H groups in total. The molecule has 0 unspecified atom stereocenters. The Hall–Kier alpha value is -1.57. The molecule has 82 valence electrons. The van der Waals surface area contributed by atoms with Gasteiger partial charge in [0.15, 0.2) is 0 Å². The van der Waals surface area contributed by atoms with Crippen molar-refractivity contribution in [2.45, 2.75) is 25.8 Å². The van der Waals surface area contributed by atoms with Gasteiger partial charge in [-0.05, 0) is 44.0 Å². The van der Waals surface area contributed by atoms with Crippen LogP contribution in [0.25, 0.3) is 10.9 Å². The van der Waals surface area contributed by atoms with Gasteiger partial charge in [0, 0.05) is 29.9 Å². The minimum absolute atomic E-state index is 0.777. The van der Waals surface area contributed by atoms with Crippen LogP contribution in [0.5, 0.6) is 0 Å². The van der Waals surface area contributed by atoms with E-state index in [2.05, 4.69) is 41.1 Å². The van der Waals surface area contributed by atoms with E-state index < -0.39 is 0 Å². The molecule has 1 aromatic carbocycles. The van der Waals surface area contributed by atoms with Gasteiger partial charge in [-0.3, -0.25) is 4.98 Å². The third-order valence-corrected chi connectivity index (χ3v) is 3.25. The van der Waals surface area contributed by atoms with E-state index in [0.717, 1.165) is 18.1 Å². The van der Waals surface area contributed by atoms with Crippen molar-refractivity contribution in [3.05, 3.63) is 36.5 Å². The van der Waals surface area contributed by atoms with E-state index in [1.54, 1.807) is 0 Å². The van der Waals surface area contributed by atoms with Crippen LogP contribution >= 0.6 is 0 Å². The lowest BCUT2D eigenvalue weighted by molar-refractivity contribution is 0.827. The SMILES string of the molecule is CCN(c1ccc2ncccc2c1)C1CC1. The maximum absolute atomic E-state index is 4.35. The maximum Gasteiger partial charge on any atom is 0.0703 e. The van der Waals surface area contributed by atoms with Crippen molar-refractivity contribution in [1.82, 2.24) is 4.98 Å². The summed E-state index contributed by atoms with van der Waals surface area (Å²) >= 11 is 0. The summed E-state index contributed by atoms with van der Waals surface area (Å²) in [6.45, 7) is 3.32. The highest BCUT2D eigenvalue weighted by Crippen LogP contribution is 2.32. The predicted molar refractivity (Wildman–Crippen MR) is 67.8 cm³/mol. The lowest BCUT2D eigenvalue weighted by atomic mass is 10.2. The van der Waals surface area contributed by atoms with Crippen LogP contribution in [0.3, 0.4) is 0 Å². The van der Waals surface area contributed by atoms with Gasteiger partial charge in [0.25, 0.3) is 0 Å². The van der Waals surface area contributed by atoms with Crippen molar-refractivity contribution < 1.29 is 0 Å². The lowest BCUT2D eigenvalue weighted by Gasteiger charge is -2.22. The van der Waals surface area contributed by atoms with Gasteiger partial charge in [0.05, 0.1) is 5.52 Å². The third-order valence-electron chi connectivity index (χ3n) is 3.25. The van der Waals surface area contributed by atoms with E-state index in [-0.39, 0.29) is 0 Å². The quantitative estimate of drug-likeness (QED) is 0.776. The molecule has 0 spiro atoms. The average molecular weight is 212 g/mol. The molecular weight excluding hydrogens is 196 g/mol. The first-order chi connectivity index (χ1) is 7.88. The van der Waals surface area contributed by atoms with Gasteiger partial charge in [-0.1, -0.05) is 6.07 Å². The lowest BCUT2D eigenvalue weighted by Crippen LogP contribution is -2.24. The Labute approximate surface area is 95.9 Å². The summed E-state index contributed by atoms with van der Waals surface area (Å²) < 4.78 is 0. The van der Waals surface area contributed by atoms with Crippen LogP contribution in [-0.4, -0.2) is 17.6 Å². The first kappa shape index (κ1) is 9.64. The number of rotatable bonds is 3. The van der Waals surface area contributed by atoms with Crippen molar-refractivity contribution in [3.63, 3.8) is 0 Å². The summed E-state index contributed by atoms with van der Waals surface area (Å²) in [5.74, 6) is 0. The van der Waals surface area contributed by atoms with E-state index in [9.17, 15) is 0 Å². The number of pyridine rings is 1. The average Bonchev–Trinajstić information content (AvgIpc) is 3.14. The third kappa shape index (κ3) is 1.64. The molecule has 2 heteroatoms. The second-order valence-corrected chi connectivity index (χ2v) is 4.40. The molecule has 1 heterocycles. The Morgan fingerprint density at radius 1 is 1.31 bits per heavy atom. The molecule has 1 aromatic heterocycles. The summed E-state index contributed by atoms with van der Waals surface area (Å²) in [6.07, 6.45) is 4.54. The van der Waals surface area contributed by atoms with Crippen molar-refractivity contribution in [1.29, 1.82) is 0 Å². The molecule has 1 aliphatic carbocycles. The summed E-state index contributed by atoms with van der Waals surface area (Å²) in [5.41, 5.74) is 2.42. The number of anilines is 1. The van der Waals surface area contributed by atoms with E-state index in [1.807, 2.05) is 12.3 Å². The standard InChI is InChI=1S/C14H16N2/c1-2-16(12-5-6-12)13-7-8-14-11(10-13)4-3-9-15-14/h3-4,7-10,12H,2,5-6H2,1H3. The molecule has 3 rings (SSSR count). The molecule has 2 aromatic rings. The van der Waals surface area contributed by atoms with Crippen LogP contribution in [0, 0.1) is 0 Å². The van der Waals surface area contributed by atoms with Gasteiger partial charge in [0.2, 0.25) is 0 Å². The Morgan fingerprint density at radius 2 is 2.19 bits per heavy atom. The zero-order valence-corrected chi connectivity index (χ0v) is 9.56. The summed E-state index contributed by atoms with van der Waals surface area (Å²) in [5, 5.41) is 1.24. The van der Waals surface area contributed by atoms with Crippen LogP contribution in [0.1, 0.15) is 19.8 Å². The fourth-order valence-electron chi connectivity index (χ4n) is 2.28. The molecule has 0 bridgehead atoms. The Balaban J connectivity index is 2.03. The molecule has 0 radical (unpaired) electrons. The topological polar surface area (TPSA) is 16.1 Å². The second-order valence-electron chi connectivity index (χ2n) is 4.40. The predicted octanol–water partition coefficient (Wildman–Crippen LogP) is 3.22. The largest absolute Gasteiger partial charge is 0.369 e. The van der Waals surface area contributed by atoms with Gasteiger partial charge < -0.3 is 4.90 Å². The monoisotopic (exact) mass is 212 g/mol. The number of aromatic nitrogens is 1. The molecular formula is C14H16N2. The van der Waals surface area contributed by atoms with Crippen molar-refractivity contribution >= 4 is 16.6 Å². The van der Waals surface area contributed by atoms with Crippen LogP contribution in [0.15, 0.2) is 36.5 Å². The number of hydrogen-bond acceptors (Lipinski definition) is 2. The van der Waals surface area contributed by atoms with Crippen molar-refractivity contribution in [2.24, 2.45) is 0 Å². The fraction of sp³-hybridized carbons (Fsp3) is 0.357. The van der Waals surface area contributed by atoms with Gasteiger partial charge in [-0.15, -0.1) is 0 Å². The molecule has 1 saturated carbocycles. The molecule has 0 amide bonds. The van der Waals surface area contributed by atoms with Crippen LogP contribution in [0.2, 0.25) is 0 Å². The summed E-state index contributed by atoms with van der Waals surface area (Å²) in [6, 6.07) is 11.5. The molecule has 2 nitrogen and oxygen atoms in total. The number of nitrogens with zero attached hydrogens (tertiary/aromatic N) is 2. The second kappa shape index (κ2) is 3.78. The highest BCUT2D eigenvalue weighted by atomic mass is 15.2. The highest BCUT2D eigenvalue weighted by molar-refractivity contribution is 5.82. The normalized spacial score (nSPS) is 15.3. The molecule has 0 aliphatic heterocycles. The summed E-state index contributed by atoms with van der Waals surface area (Å²) in [7, 11) is 0.